The summed E-state index contributed by atoms with van der Waals surface area (Å²) in [6.07, 6.45) is 2.84. The van der Waals surface area contributed by atoms with Gasteiger partial charge in [0.05, 0.1) is 0 Å². The highest BCUT2D eigenvalue weighted by Gasteiger charge is 2.31. The Morgan fingerprint density at radius 1 is 1.43 bits per heavy atom. The SMILES string of the molecule is CC1=CCCN(S(=O)(=O)c2n[nH]c(C)c2CNC(C)C)C1. The molecule has 1 aliphatic heterocycles. The molecule has 0 aliphatic carbocycles. The maximum absolute atomic E-state index is 12.8. The van der Waals surface area contributed by atoms with E-state index < -0.39 is 10.0 Å². The van der Waals surface area contributed by atoms with Crippen LogP contribution < -0.4 is 5.32 Å². The Labute approximate surface area is 126 Å². The summed E-state index contributed by atoms with van der Waals surface area (Å²) in [7, 11) is -3.54. The zero-order valence-electron chi connectivity index (χ0n) is 13.1. The molecule has 0 fully saturated rings. The Balaban J connectivity index is 2.30. The molecule has 0 saturated carbocycles. The van der Waals surface area contributed by atoms with Crippen molar-refractivity contribution in [3.05, 3.63) is 22.9 Å². The van der Waals surface area contributed by atoms with Crippen molar-refractivity contribution in [1.29, 1.82) is 0 Å². The molecule has 21 heavy (non-hydrogen) atoms. The summed E-state index contributed by atoms with van der Waals surface area (Å²) in [5.41, 5.74) is 2.61. The minimum absolute atomic E-state index is 0.155. The van der Waals surface area contributed by atoms with Crippen molar-refractivity contribution in [1.82, 2.24) is 19.8 Å². The van der Waals surface area contributed by atoms with E-state index in [-0.39, 0.29) is 11.1 Å². The highest BCUT2D eigenvalue weighted by atomic mass is 32.2. The molecule has 6 nitrogen and oxygen atoms in total. The number of H-pyrrole nitrogens is 1. The monoisotopic (exact) mass is 312 g/mol. The highest BCUT2D eigenvalue weighted by molar-refractivity contribution is 7.89. The summed E-state index contributed by atoms with van der Waals surface area (Å²) < 4.78 is 27.1. The third-order valence-corrected chi connectivity index (χ3v) is 5.42. The van der Waals surface area contributed by atoms with Gasteiger partial charge in [0.2, 0.25) is 0 Å². The topological polar surface area (TPSA) is 78.1 Å². The molecular formula is C14H24N4O2S. The predicted octanol–water partition coefficient (Wildman–Crippen LogP) is 1.56. The first-order valence-corrected chi connectivity index (χ1v) is 8.69. The molecule has 118 valence electrons. The van der Waals surface area contributed by atoms with Gasteiger partial charge in [-0.1, -0.05) is 25.5 Å². The summed E-state index contributed by atoms with van der Waals surface area (Å²) in [6, 6.07) is 0.287. The predicted molar refractivity (Wildman–Crippen MR) is 82.4 cm³/mol. The van der Waals surface area contributed by atoms with Crippen LogP contribution in [0.2, 0.25) is 0 Å². The van der Waals surface area contributed by atoms with E-state index in [9.17, 15) is 8.42 Å². The lowest BCUT2D eigenvalue weighted by atomic mass is 10.2. The van der Waals surface area contributed by atoms with Crippen LogP contribution in [0, 0.1) is 6.92 Å². The molecule has 0 atom stereocenters. The maximum Gasteiger partial charge on any atom is 0.263 e. The number of sulfonamides is 1. The lowest BCUT2D eigenvalue weighted by Crippen LogP contribution is -2.36. The zero-order chi connectivity index (χ0) is 15.6. The number of aromatic nitrogens is 2. The summed E-state index contributed by atoms with van der Waals surface area (Å²) >= 11 is 0. The van der Waals surface area contributed by atoms with Gasteiger partial charge in [-0.05, 0) is 20.3 Å². The van der Waals surface area contributed by atoms with E-state index in [1.807, 2.05) is 27.7 Å². The lowest BCUT2D eigenvalue weighted by Gasteiger charge is -2.25. The number of nitrogens with one attached hydrogen (secondary N) is 2. The van der Waals surface area contributed by atoms with E-state index in [1.54, 1.807) is 0 Å². The van der Waals surface area contributed by atoms with Gasteiger partial charge in [-0.25, -0.2) is 8.42 Å². The van der Waals surface area contributed by atoms with Crippen LogP contribution in [0.5, 0.6) is 0 Å². The maximum atomic E-state index is 12.8. The van der Waals surface area contributed by atoms with Crippen molar-refractivity contribution < 1.29 is 8.42 Å². The molecule has 1 aliphatic rings. The van der Waals surface area contributed by atoms with E-state index in [4.69, 9.17) is 0 Å². The molecule has 2 heterocycles. The number of hydrogen-bond acceptors (Lipinski definition) is 4. The number of nitrogens with zero attached hydrogens (tertiary/aromatic N) is 2. The fourth-order valence-electron chi connectivity index (χ4n) is 2.36. The first-order valence-electron chi connectivity index (χ1n) is 7.25. The van der Waals surface area contributed by atoms with E-state index in [0.717, 1.165) is 23.3 Å². The molecule has 1 aromatic heterocycles. The third-order valence-electron chi connectivity index (χ3n) is 3.60. The zero-order valence-corrected chi connectivity index (χ0v) is 13.9. The molecule has 7 heteroatoms. The molecule has 0 amide bonds. The van der Waals surface area contributed by atoms with Crippen LogP contribution in [-0.4, -0.2) is 42.1 Å². The molecule has 2 N–H and O–H groups in total. The second-order valence-electron chi connectivity index (χ2n) is 5.85. The van der Waals surface area contributed by atoms with Crippen LogP contribution in [0.3, 0.4) is 0 Å². The molecule has 0 saturated heterocycles. The van der Waals surface area contributed by atoms with Crippen molar-refractivity contribution in [2.75, 3.05) is 13.1 Å². The first-order chi connectivity index (χ1) is 9.82. The van der Waals surface area contributed by atoms with Gasteiger partial charge in [0.15, 0.2) is 5.03 Å². The van der Waals surface area contributed by atoms with Gasteiger partial charge < -0.3 is 5.32 Å². The molecule has 0 unspecified atom stereocenters. The number of aromatic amines is 1. The van der Waals surface area contributed by atoms with Gasteiger partial charge in [0.25, 0.3) is 10.0 Å². The van der Waals surface area contributed by atoms with E-state index >= 15 is 0 Å². The van der Waals surface area contributed by atoms with Gasteiger partial charge in [-0.3, -0.25) is 5.10 Å². The average molecular weight is 312 g/mol. The molecule has 0 bridgehead atoms. The Bertz CT molecular complexity index is 631. The molecule has 0 spiro atoms. The second-order valence-corrected chi connectivity index (χ2v) is 7.70. The minimum Gasteiger partial charge on any atom is -0.310 e. The Morgan fingerprint density at radius 3 is 2.76 bits per heavy atom. The summed E-state index contributed by atoms with van der Waals surface area (Å²) in [5, 5.41) is 10.3. The first kappa shape index (κ1) is 16.2. The number of hydrogen-bond donors (Lipinski definition) is 2. The van der Waals surface area contributed by atoms with Crippen molar-refractivity contribution in [3.63, 3.8) is 0 Å². The molecule has 1 aromatic rings. The van der Waals surface area contributed by atoms with Crippen molar-refractivity contribution in [3.8, 4) is 0 Å². The average Bonchev–Trinajstić information content (AvgIpc) is 2.78. The second kappa shape index (κ2) is 6.29. The number of rotatable bonds is 5. The molecular weight excluding hydrogens is 288 g/mol. The van der Waals surface area contributed by atoms with Crippen LogP contribution in [-0.2, 0) is 16.6 Å². The third kappa shape index (κ3) is 3.53. The standard InChI is InChI=1S/C14H24N4O2S/c1-10(2)15-8-13-12(4)16-17-14(13)21(19,20)18-7-5-6-11(3)9-18/h6,10,15H,5,7-9H2,1-4H3,(H,16,17). The van der Waals surface area contributed by atoms with Crippen LogP contribution in [0.25, 0.3) is 0 Å². The van der Waals surface area contributed by atoms with Crippen molar-refractivity contribution >= 4 is 10.0 Å². The summed E-state index contributed by atoms with van der Waals surface area (Å²) in [6.45, 7) is 9.33. The van der Waals surface area contributed by atoms with Gasteiger partial charge >= 0.3 is 0 Å². The van der Waals surface area contributed by atoms with E-state index in [2.05, 4.69) is 21.6 Å². The fourth-order valence-corrected chi connectivity index (χ4v) is 4.02. The number of aryl methyl sites for hydroxylation is 1. The fraction of sp³-hybridized carbons (Fsp3) is 0.643. The summed E-state index contributed by atoms with van der Waals surface area (Å²) in [5.74, 6) is 0. The van der Waals surface area contributed by atoms with Gasteiger partial charge in [-0.15, -0.1) is 0 Å². The van der Waals surface area contributed by atoms with Gasteiger partial charge in [0, 0.05) is 36.9 Å². The van der Waals surface area contributed by atoms with Crippen molar-refractivity contribution in [2.24, 2.45) is 0 Å². The van der Waals surface area contributed by atoms with Gasteiger partial charge in [0.1, 0.15) is 0 Å². The van der Waals surface area contributed by atoms with E-state index in [1.165, 1.54) is 4.31 Å². The minimum atomic E-state index is -3.54. The summed E-state index contributed by atoms with van der Waals surface area (Å²) in [4.78, 5) is 0. The van der Waals surface area contributed by atoms with Crippen LogP contribution in [0.15, 0.2) is 16.7 Å². The highest BCUT2D eigenvalue weighted by Crippen LogP contribution is 2.23. The Morgan fingerprint density at radius 2 is 2.14 bits per heavy atom. The van der Waals surface area contributed by atoms with Crippen LogP contribution >= 0.6 is 0 Å². The van der Waals surface area contributed by atoms with Crippen LogP contribution in [0.4, 0.5) is 0 Å². The quantitative estimate of drug-likeness (QED) is 0.809. The van der Waals surface area contributed by atoms with Crippen molar-refractivity contribution in [2.45, 2.75) is 51.7 Å². The molecule has 0 radical (unpaired) electrons. The van der Waals surface area contributed by atoms with Crippen LogP contribution in [0.1, 0.15) is 38.4 Å². The van der Waals surface area contributed by atoms with E-state index in [0.29, 0.717) is 19.6 Å². The normalized spacial score (nSPS) is 17.3. The van der Waals surface area contributed by atoms with Gasteiger partial charge in [-0.2, -0.15) is 9.40 Å². The largest absolute Gasteiger partial charge is 0.310 e. The molecule has 2 rings (SSSR count). The smallest absolute Gasteiger partial charge is 0.263 e. The lowest BCUT2D eigenvalue weighted by molar-refractivity contribution is 0.424. The Hall–Kier alpha value is -1.18. The molecule has 0 aromatic carbocycles. The Kier molecular flexibility index (Phi) is 4.85.